The summed E-state index contributed by atoms with van der Waals surface area (Å²) in [4.78, 5) is 0. The SMILES string of the molecule is OC[C]1O[C@H](CO)[C@@H](O)[C@@H]1O. The summed E-state index contributed by atoms with van der Waals surface area (Å²) in [6, 6.07) is 0. The van der Waals surface area contributed by atoms with Gasteiger partial charge in [-0.2, -0.15) is 0 Å². The van der Waals surface area contributed by atoms with Gasteiger partial charge in [0, 0.05) is 0 Å². The number of aliphatic hydroxyl groups excluding tert-OH is 4. The summed E-state index contributed by atoms with van der Waals surface area (Å²) in [5.74, 6) is 0. The van der Waals surface area contributed by atoms with Gasteiger partial charge in [-0.3, -0.25) is 0 Å². The van der Waals surface area contributed by atoms with E-state index in [4.69, 9.17) is 25.2 Å². The molecular formula is C6H11O5. The van der Waals surface area contributed by atoms with E-state index < -0.39 is 24.9 Å². The molecule has 0 amide bonds. The number of hydrogen-bond donors (Lipinski definition) is 4. The van der Waals surface area contributed by atoms with Crippen LogP contribution in [0.5, 0.6) is 0 Å². The first-order valence-electron chi connectivity index (χ1n) is 3.31. The van der Waals surface area contributed by atoms with Gasteiger partial charge in [-0.1, -0.05) is 0 Å². The highest BCUT2D eigenvalue weighted by atomic mass is 16.6. The third-order valence-electron chi connectivity index (χ3n) is 1.67. The van der Waals surface area contributed by atoms with Gasteiger partial charge in [-0.25, -0.2) is 0 Å². The van der Waals surface area contributed by atoms with Crippen molar-refractivity contribution in [1.29, 1.82) is 0 Å². The fourth-order valence-corrected chi connectivity index (χ4v) is 1.00. The van der Waals surface area contributed by atoms with Crippen LogP contribution in [0.2, 0.25) is 0 Å². The Morgan fingerprint density at radius 2 is 1.91 bits per heavy atom. The Bertz CT molecular complexity index is 110. The molecule has 0 aromatic heterocycles. The Kier molecular flexibility index (Phi) is 2.80. The van der Waals surface area contributed by atoms with Crippen LogP contribution >= 0.6 is 0 Å². The van der Waals surface area contributed by atoms with Gasteiger partial charge in [-0.15, -0.1) is 0 Å². The standard InChI is InChI=1S/C6H11O5/c7-1-3-5(9)6(10)4(2-8)11-3/h3,5-10H,1-2H2/t3-,5-,6-/m1/s1. The lowest BCUT2D eigenvalue weighted by Gasteiger charge is -2.10. The molecule has 0 bridgehead atoms. The second kappa shape index (κ2) is 3.46. The Morgan fingerprint density at radius 1 is 1.27 bits per heavy atom. The molecule has 1 rings (SSSR count). The summed E-state index contributed by atoms with van der Waals surface area (Å²) < 4.78 is 4.80. The lowest BCUT2D eigenvalue weighted by atomic mass is 10.1. The number of aliphatic hydroxyl groups is 4. The Balaban J connectivity index is 2.53. The van der Waals surface area contributed by atoms with E-state index in [1.54, 1.807) is 0 Å². The maximum Gasteiger partial charge on any atom is 0.154 e. The molecule has 0 unspecified atom stereocenters. The van der Waals surface area contributed by atoms with E-state index in [1.807, 2.05) is 0 Å². The van der Waals surface area contributed by atoms with Crippen LogP contribution in [-0.2, 0) is 4.74 Å². The highest BCUT2D eigenvalue weighted by molar-refractivity contribution is 5.01. The molecule has 1 aliphatic heterocycles. The van der Waals surface area contributed by atoms with Gasteiger partial charge in [0.25, 0.3) is 0 Å². The molecule has 4 N–H and O–H groups in total. The number of rotatable bonds is 2. The highest BCUT2D eigenvalue weighted by Crippen LogP contribution is 2.25. The van der Waals surface area contributed by atoms with Crippen molar-refractivity contribution in [3.63, 3.8) is 0 Å². The largest absolute Gasteiger partial charge is 0.394 e. The van der Waals surface area contributed by atoms with E-state index in [2.05, 4.69) is 0 Å². The smallest absolute Gasteiger partial charge is 0.154 e. The molecule has 11 heavy (non-hydrogen) atoms. The van der Waals surface area contributed by atoms with Crippen molar-refractivity contribution in [2.24, 2.45) is 0 Å². The van der Waals surface area contributed by atoms with Crippen molar-refractivity contribution in [2.45, 2.75) is 18.3 Å². The van der Waals surface area contributed by atoms with Crippen molar-refractivity contribution in [2.75, 3.05) is 13.2 Å². The van der Waals surface area contributed by atoms with Gasteiger partial charge in [0.2, 0.25) is 0 Å². The van der Waals surface area contributed by atoms with Gasteiger partial charge in [0.05, 0.1) is 13.2 Å². The first-order valence-corrected chi connectivity index (χ1v) is 3.31. The molecule has 0 aromatic carbocycles. The molecule has 3 atom stereocenters. The summed E-state index contributed by atoms with van der Waals surface area (Å²) in [5.41, 5.74) is 0. The summed E-state index contributed by atoms with van der Waals surface area (Å²) in [5, 5.41) is 35.3. The summed E-state index contributed by atoms with van der Waals surface area (Å²) in [7, 11) is 0. The fourth-order valence-electron chi connectivity index (χ4n) is 1.00. The van der Waals surface area contributed by atoms with E-state index in [-0.39, 0.29) is 12.7 Å². The zero-order valence-electron chi connectivity index (χ0n) is 5.84. The van der Waals surface area contributed by atoms with Crippen molar-refractivity contribution < 1.29 is 25.2 Å². The van der Waals surface area contributed by atoms with E-state index in [0.717, 1.165) is 0 Å². The molecule has 0 spiro atoms. The van der Waals surface area contributed by atoms with Crippen LogP contribution < -0.4 is 0 Å². The van der Waals surface area contributed by atoms with Gasteiger partial charge >= 0.3 is 0 Å². The van der Waals surface area contributed by atoms with Crippen LogP contribution in [0.15, 0.2) is 0 Å². The van der Waals surface area contributed by atoms with Crippen molar-refractivity contribution in [1.82, 2.24) is 0 Å². The molecule has 1 fully saturated rings. The molecule has 5 nitrogen and oxygen atoms in total. The molecule has 65 valence electrons. The molecule has 5 heteroatoms. The lowest BCUT2D eigenvalue weighted by molar-refractivity contribution is -0.00787. The first kappa shape index (κ1) is 8.89. The monoisotopic (exact) mass is 163 g/mol. The quantitative estimate of drug-likeness (QED) is 0.365. The van der Waals surface area contributed by atoms with Gasteiger partial charge in [-0.05, 0) is 0 Å². The topological polar surface area (TPSA) is 90.2 Å². The molecule has 1 heterocycles. The van der Waals surface area contributed by atoms with Gasteiger partial charge in [0.15, 0.2) is 6.10 Å². The summed E-state index contributed by atoms with van der Waals surface area (Å²) in [6.45, 7) is -0.809. The highest BCUT2D eigenvalue weighted by Gasteiger charge is 2.42. The minimum Gasteiger partial charge on any atom is -0.394 e. The van der Waals surface area contributed by atoms with Gasteiger partial charge < -0.3 is 25.2 Å². The Morgan fingerprint density at radius 3 is 2.18 bits per heavy atom. The zero-order valence-corrected chi connectivity index (χ0v) is 5.84. The first-order chi connectivity index (χ1) is 5.20. The van der Waals surface area contributed by atoms with Crippen molar-refractivity contribution in [3.8, 4) is 0 Å². The lowest BCUT2D eigenvalue weighted by Crippen LogP contribution is -2.32. The summed E-state index contributed by atoms with van der Waals surface area (Å²) >= 11 is 0. The minimum atomic E-state index is -1.18. The number of hydrogen-bond acceptors (Lipinski definition) is 5. The van der Waals surface area contributed by atoms with Crippen LogP contribution in [0, 0.1) is 6.10 Å². The fraction of sp³-hybridized carbons (Fsp3) is 0.833. The van der Waals surface area contributed by atoms with E-state index >= 15 is 0 Å². The molecule has 1 aliphatic rings. The predicted molar refractivity (Wildman–Crippen MR) is 34.3 cm³/mol. The zero-order chi connectivity index (χ0) is 8.43. The van der Waals surface area contributed by atoms with Crippen LogP contribution in [-0.4, -0.2) is 52.0 Å². The van der Waals surface area contributed by atoms with Crippen LogP contribution in [0.1, 0.15) is 0 Å². The Labute approximate surface area is 63.8 Å². The molecule has 0 saturated carbocycles. The average Bonchev–Trinajstić information content (AvgIpc) is 2.30. The molecule has 1 saturated heterocycles. The molecule has 0 aliphatic carbocycles. The third-order valence-corrected chi connectivity index (χ3v) is 1.67. The minimum absolute atomic E-state index is 0.0107. The van der Waals surface area contributed by atoms with Crippen LogP contribution in [0.25, 0.3) is 0 Å². The molecular weight excluding hydrogens is 152 g/mol. The summed E-state index contributed by atoms with van der Waals surface area (Å²) in [6.07, 6.45) is -3.12. The van der Waals surface area contributed by atoms with Crippen molar-refractivity contribution in [3.05, 3.63) is 6.10 Å². The molecule has 1 radical (unpaired) electrons. The van der Waals surface area contributed by atoms with E-state index in [0.29, 0.717) is 0 Å². The second-order valence-electron chi connectivity index (χ2n) is 2.40. The van der Waals surface area contributed by atoms with Crippen LogP contribution in [0.3, 0.4) is 0 Å². The van der Waals surface area contributed by atoms with E-state index in [9.17, 15) is 0 Å². The maximum absolute atomic E-state index is 9.09. The van der Waals surface area contributed by atoms with Gasteiger partial charge in [0.1, 0.15) is 18.3 Å². The Hall–Kier alpha value is -0.200. The normalized spacial score (nSPS) is 39.8. The number of ether oxygens (including phenoxy) is 1. The second-order valence-corrected chi connectivity index (χ2v) is 2.40. The molecule has 0 aromatic rings. The average molecular weight is 163 g/mol. The van der Waals surface area contributed by atoms with Crippen molar-refractivity contribution >= 4 is 0 Å². The third kappa shape index (κ3) is 1.52. The van der Waals surface area contributed by atoms with E-state index in [1.165, 1.54) is 0 Å². The van der Waals surface area contributed by atoms with Crippen LogP contribution in [0.4, 0.5) is 0 Å². The predicted octanol–water partition coefficient (Wildman–Crippen LogP) is -2.38. The maximum atomic E-state index is 9.09.